The normalized spacial score (nSPS) is 28.5. The maximum absolute atomic E-state index is 12.3. The van der Waals surface area contributed by atoms with Crippen LogP contribution in [0.25, 0.3) is 0 Å². The summed E-state index contributed by atoms with van der Waals surface area (Å²) in [6.07, 6.45) is 3.36. The zero-order valence-corrected chi connectivity index (χ0v) is 12.6. The molecule has 0 radical (unpaired) electrons. The second kappa shape index (κ2) is 4.47. The van der Waals surface area contributed by atoms with Crippen LogP contribution in [-0.2, 0) is 10.2 Å². The van der Waals surface area contributed by atoms with Crippen LogP contribution in [-0.4, -0.2) is 11.9 Å². The zero-order valence-electron chi connectivity index (χ0n) is 12.6. The summed E-state index contributed by atoms with van der Waals surface area (Å²) in [4.78, 5) is 14.3. The Balaban J connectivity index is 2.28. The smallest absolute Gasteiger partial charge is 0.224 e. The summed E-state index contributed by atoms with van der Waals surface area (Å²) in [5.74, 6) is 0.628. The molecule has 2 nitrogen and oxygen atoms in total. The predicted octanol–water partition coefficient (Wildman–Crippen LogP) is 4.06. The number of hydrogen-bond donors (Lipinski definition) is 0. The van der Waals surface area contributed by atoms with Crippen molar-refractivity contribution in [2.75, 3.05) is 4.90 Å². The highest BCUT2D eigenvalue weighted by atomic mass is 16.2. The van der Waals surface area contributed by atoms with Gasteiger partial charge in [0.15, 0.2) is 0 Å². The molecule has 1 fully saturated rings. The molecule has 0 bridgehead atoms. The van der Waals surface area contributed by atoms with Crippen molar-refractivity contribution in [3.63, 3.8) is 0 Å². The number of benzene rings is 1. The first kappa shape index (κ1) is 13.4. The highest BCUT2D eigenvalue weighted by molar-refractivity contribution is 5.96. The topological polar surface area (TPSA) is 20.3 Å². The van der Waals surface area contributed by atoms with Crippen molar-refractivity contribution in [3.05, 3.63) is 42.0 Å². The Hall–Kier alpha value is -1.57. The molecule has 2 heteroatoms. The van der Waals surface area contributed by atoms with Gasteiger partial charge in [0.2, 0.25) is 5.91 Å². The van der Waals surface area contributed by atoms with E-state index in [0.29, 0.717) is 5.92 Å². The number of hydrogen-bond acceptors (Lipinski definition) is 1. The van der Waals surface area contributed by atoms with Gasteiger partial charge in [0.1, 0.15) is 0 Å². The first-order chi connectivity index (χ1) is 9.50. The monoisotopic (exact) mass is 269 g/mol. The molecule has 1 aromatic carbocycles. The van der Waals surface area contributed by atoms with Crippen molar-refractivity contribution < 1.29 is 4.79 Å². The van der Waals surface area contributed by atoms with Crippen LogP contribution < -0.4 is 4.90 Å². The molecule has 0 spiro atoms. The summed E-state index contributed by atoms with van der Waals surface area (Å²) < 4.78 is 0. The van der Waals surface area contributed by atoms with Crippen LogP contribution in [0.5, 0.6) is 0 Å². The molecule has 1 saturated carbocycles. The molecule has 1 heterocycles. The molecule has 1 aliphatic carbocycles. The van der Waals surface area contributed by atoms with E-state index in [1.807, 2.05) is 11.0 Å². The highest BCUT2D eigenvalue weighted by Crippen LogP contribution is 2.56. The van der Waals surface area contributed by atoms with Crippen molar-refractivity contribution in [2.45, 2.75) is 51.5 Å². The van der Waals surface area contributed by atoms with Crippen molar-refractivity contribution in [3.8, 4) is 0 Å². The van der Waals surface area contributed by atoms with E-state index in [1.54, 1.807) is 6.92 Å². The Kier molecular flexibility index (Phi) is 3.00. The summed E-state index contributed by atoms with van der Waals surface area (Å²) in [5.41, 5.74) is 3.71. The standard InChI is InChI=1S/C18H23NO/c1-12(2)18-11-7-8-13(3)17(18)19(14(4)20)16-10-6-5-9-15(16)18/h5-6,9-10,12,17H,3,7-8,11H2,1-2,4H3. The second-order valence-electron chi connectivity index (χ2n) is 6.52. The number of amides is 1. The first-order valence-electron chi connectivity index (χ1n) is 7.57. The fraction of sp³-hybridized carbons (Fsp3) is 0.500. The van der Waals surface area contributed by atoms with E-state index < -0.39 is 0 Å². The van der Waals surface area contributed by atoms with Crippen LogP contribution >= 0.6 is 0 Å². The lowest BCUT2D eigenvalue weighted by atomic mass is 9.60. The van der Waals surface area contributed by atoms with Gasteiger partial charge in [-0.15, -0.1) is 0 Å². The molecular weight excluding hydrogens is 246 g/mol. The molecule has 2 atom stereocenters. The lowest BCUT2D eigenvalue weighted by molar-refractivity contribution is -0.117. The van der Waals surface area contributed by atoms with Gasteiger partial charge in [-0.05, 0) is 36.8 Å². The fourth-order valence-corrected chi connectivity index (χ4v) is 4.42. The SMILES string of the molecule is C=C1CCCC2(C(C)C)c3ccccc3N(C(C)=O)C12. The van der Waals surface area contributed by atoms with Gasteiger partial charge in [-0.1, -0.05) is 44.2 Å². The molecule has 3 rings (SSSR count). The summed E-state index contributed by atoms with van der Waals surface area (Å²) >= 11 is 0. The lowest BCUT2D eigenvalue weighted by Crippen LogP contribution is -2.52. The molecule has 2 aliphatic rings. The molecule has 1 amide bonds. The van der Waals surface area contributed by atoms with Crippen molar-refractivity contribution in [2.24, 2.45) is 5.92 Å². The number of para-hydroxylation sites is 1. The van der Waals surface area contributed by atoms with E-state index in [1.165, 1.54) is 17.6 Å². The molecule has 20 heavy (non-hydrogen) atoms. The maximum atomic E-state index is 12.3. The Bertz CT molecular complexity index is 575. The molecule has 106 valence electrons. The zero-order chi connectivity index (χ0) is 14.5. The summed E-state index contributed by atoms with van der Waals surface area (Å²) in [7, 11) is 0. The quantitative estimate of drug-likeness (QED) is 0.704. The second-order valence-corrected chi connectivity index (χ2v) is 6.52. The average Bonchev–Trinajstić information content (AvgIpc) is 2.72. The van der Waals surface area contributed by atoms with Crippen molar-refractivity contribution in [1.29, 1.82) is 0 Å². The molecule has 0 N–H and O–H groups in total. The molecule has 0 aromatic heterocycles. The van der Waals surface area contributed by atoms with Gasteiger partial charge < -0.3 is 4.90 Å². The minimum atomic E-state index is 0.0532. The first-order valence-corrected chi connectivity index (χ1v) is 7.57. The molecular formula is C18H23NO. The number of fused-ring (bicyclic) bond motifs is 3. The third-order valence-corrected chi connectivity index (χ3v) is 5.26. The summed E-state index contributed by atoms with van der Waals surface area (Å²) in [6, 6.07) is 8.58. The number of carbonyl (C=O) groups is 1. The lowest BCUT2D eigenvalue weighted by Gasteiger charge is -2.46. The Labute approximate surface area is 121 Å². The van der Waals surface area contributed by atoms with Crippen LogP contribution in [0.1, 0.15) is 45.6 Å². The van der Waals surface area contributed by atoms with Gasteiger partial charge in [-0.3, -0.25) is 4.79 Å². The van der Waals surface area contributed by atoms with Gasteiger partial charge in [0.05, 0.1) is 6.04 Å². The maximum Gasteiger partial charge on any atom is 0.224 e. The number of anilines is 1. The molecule has 1 aromatic rings. The minimum Gasteiger partial charge on any atom is -0.304 e. The van der Waals surface area contributed by atoms with Crippen molar-refractivity contribution in [1.82, 2.24) is 0 Å². The van der Waals surface area contributed by atoms with E-state index in [0.717, 1.165) is 18.5 Å². The molecule has 0 saturated heterocycles. The van der Waals surface area contributed by atoms with Crippen LogP contribution in [0.4, 0.5) is 5.69 Å². The third kappa shape index (κ3) is 1.54. The van der Waals surface area contributed by atoms with E-state index in [4.69, 9.17) is 0 Å². The Morgan fingerprint density at radius 3 is 2.75 bits per heavy atom. The minimum absolute atomic E-state index is 0.0532. The number of nitrogens with zero attached hydrogens (tertiary/aromatic N) is 1. The van der Waals surface area contributed by atoms with E-state index in [-0.39, 0.29) is 17.4 Å². The average molecular weight is 269 g/mol. The highest BCUT2D eigenvalue weighted by Gasteiger charge is 2.55. The van der Waals surface area contributed by atoms with E-state index in [9.17, 15) is 4.79 Å². The van der Waals surface area contributed by atoms with E-state index in [2.05, 4.69) is 38.6 Å². The molecule has 2 unspecified atom stereocenters. The molecule has 1 aliphatic heterocycles. The van der Waals surface area contributed by atoms with E-state index >= 15 is 0 Å². The van der Waals surface area contributed by atoms with Gasteiger partial charge >= 0.3 is 0 Å². The fourth-order valence-electron chi connectivity index (χ4n) is 4.42. The summed E-state index contributed by atoms with van der Waals surface area (Å²) in [5, 5.41) is 0. The summed E-state index contributed by atoms with van der Waals surface area (Å²) in [6.45, 7) is 10.5. The largest absolute Gasteiger partial charge is 0.304 e. The van der Waals surface area contributed by atoms with Gasteiger partial charge in [0, 0.05) is 18.0 Å². The Morgan fingerprint density at radius 2 is 2.10 bits per heavy atom. The Morgan fingerprint density at radius 1 is 1.40 bits per heavy atom. The van der Waals surface area contributed by atoms with Gasteiger partial charge in [-0.2, -0.15) is 0 Å². The van der Waals surface area contributed by atoms with Crippen LogP contribution in [0.2, 0.25) is 0 Å². The number of rotatable bonds is 1. The van der Waals surface area contributed by atoms with Crippen LogP contribution in [0, 0.1) is 5.92 Å². The predicted molar refractivity (Wildman–Crippen MR) is 82.9 cm³/mol. The third-order valence-electron chi connectivity index (χ3n) is 5.26. The van der Waals surface area contributed by atoms with Crippen LogP contribution in [0.15, 0.2) is 36.4 Å². The van der Waals surface area contributed by atoms with Crippen molar-refractivity contribution >= 4 is 11.6 Å². The van der Waals surface area contributed by atoms with Gasteiger partial charge in [0.25, 0.3) is 0 Å². The van der Waals surface area contributed by atoms with Gasteiger partial charge in [-0.25, -0.2) is 0 Å². The number of carbonyl (C=O) groups excluding carboxylic acids is 1. The van der Waals surface area contributed by atoms with Crippen LogP contribution in [0.3, 0.4) is 0 Å².